The lowest BCUT2D eigenvalue weighted by Gasteiger charge is -2.08. The molecule has 0 aliphatic heterocycles. The summed E-state index contributed by atoms with van der Waals surface area (Å²) in [5, 5.41) is 6.64. The number of ether oxygens (including phenoxy) is 1. The van der Waals surface area contributed by atoms with E-state index in [2.05, 4.69) is 10.5 Å². The van der Waals surface area contributed by atoms with Crippen LogP contribution in [0.3, 0.4) is 0 Å². The van der Waals surface area contributed by atoms with Crippen LogP contribution in [0.15, 0.2) is 40.8 Å². The number of carbonyl (C=O) groups is 1. The second-order valence-corrected chi connectivity index (χ2v) is 5.79. The van der Waals surface area contributed by atoms with Crippen LogP contribution in [0.2, 0.25) is 5.02 Å². The van der Waals surface area contributed by atoms with Gasteiger partial charge in [0.25, 0.3) is 5.91 Å². The number of benzene rings is 1. The first-order valence-electron chi connectivity index (χ1n) is 6.32. The Hall–Kier alpha value is -1.85. The molecule has 0 bridgehead atoms. The van der Waals surface area contributed by atoms with E-state index in [-0.39, 0.29) is 12.5 Å². The first kappa shape index (κ1) is 15.5. The van der Waals surface area contributed by atoms with E-state index in [1.807, 2.05) is 31.4 Å². The lowest BCUT2D eigenvalue weighted by atomic mass is 10.2. The highest BCUT2D eigenvalue weighted by molar-refractivity contribution is 7.12. The third kappa shape index (κ3) is 4.58. The molecule has 0 spiro atoms. The molecule has 1 heterocycles. The molecule has 1 aromatic carbocycles. The number of amides is 1. The van der Waals surface area contributed by atoms with Crippen LogP contribution < -0.4 is 10.2 Å². The van der Waals surface area contributed by atoms with E-state index >= 15 is 0 Å². The van der Waals surface area contributed by atoms with E-state index in [0.717, 1.165) is 16.2 Å². The predicted octanol–water partition coefficient (Wildman–Crippen LogP) is 3.63. The van der Waals surface area contributed by atoms with Crippen LogP contribution in [0.5, 0.6) is 5.75 Å². The monoisotopic (exact) mass is 322 g/mol. The molecule has 4 nitrogen and oxygen atoms in total. The zero-order valence-electron chi connectivity index (χ0n) is 11.7. The standard InChI is InChI=1S/C15H15ClN2O2S/c1-10-8-12(16)5-6-13(10)20-9-15(19)18-17-11(2)14-4-3-7-21-14/h3-8H,9H2,1-2H3,(H,18,19)/b17-11+. The molecule has 21 heavy (non-hydrogen) atoms. The number of nitrogens with zero attached hydrogens (tertiary/aromatic N) is 1. The number of hydrazone groups is 1. The molecule has 1 N–H and O–H groups in total. The van der Waals surface area contributed by atoms with Gasteiger partial charge in [-0.3, -0.25) is 4.79 Å². The summed E-state index contributed by atoms with van der Waals surface area (Å²) in [5.41, 5.74) is 4.12. The number of rotatable bonds is 5. The van der Waals surface area contributed by atoms with E-state index in [0.29, 0.717) is 10.8 Å². The first-order chi connectivity index (χ1) is 10.1. The maximum atomic E-state index is 11.7. The molecule has 2 aromatic rings. The van der Waals surface area contributed by atoms with Gasteiger partial charge in [0.2, 0.25) is 0 Å². The number of carbonyl (C=O) groups excluding carboxylic acids is 1. The second-order valence-electron chi connectivity index (χ2n) is 4.41. The Morgan fingerprint density at radius 2 is 2.24 bits per heavy atom. The summed E-state index contributed by atoms with van der Waals surface area (Å²) in [7, 11) is 0. The fourth-order valence-corrected chi connectivity index (χ4v) is 2.54. The van der Waals surface area contributed by atoms with E-state index in [1.165, 1.54) is 0 Å². The van der Waals surface area contributed by atoms with Crippen molar-refractivity contribution in [3.63, 3.8) is 0 Å². The van der Waals surface area contributed by atoms with Gasteiger partial charge in [-0.05, 0) is 49.1 Å². The topological polar surface area (TPSA) is 50.7 Å². The lowest BCUT2D eigenvalue weighted by Crippen LogP contribution is -2.25. The summed E-state index contributed by atoms with van der Waals surface area (Å²) in [6.07, 6.45) is 0. The van der Waals surface area contributed by atoms with E-state index in [9.17, 15) is 4.79 Å². The van der Waals surface area contributed by atoms with Crippen molar-refractivity contribution >= 4 is 34.6 Å². The summed E-state index contributed by atoms with van der Waals surface area (Å²) in [5.74, 6) is 0.328. The van der Waals surface area contributed by atoms with E-state index < -0.39 is 0 Å². The minimum Gasteiger partial charge on any atom is -0.483 e. The quantitative estimate of drug-likeness (QED) is 0.675. The minimum atomic E-state index is -0.305. The minimum absolute atomic E-state index is 0.0936. The molecule has 1 aromatic heterocycles. The van der Waals surface area contributed by atoms with Crippen LogP contribution in [0, 0.1) is 6.92 Å². The molecule has 2 rings (SSSR count). The fourth-order valence-electron chi connectivity index (χ4n) is 1.64. The Morgan fingerprint density at radius 1 is 1.43 bits per heavy atom. The lowest BCUT2D eigenvalue weighted by molar-refractivity contribution is -0.123. The van der Waals surface area contributed by atoms with Gasteiger partial charge in [-0.25, -0.2) is 5.43 Å². The van der Waals surface area contributed by atoms with Crippen LogP contribution in [0.25, 0.3) is 0 Å². The van der Waals surface area contributed by atoms with E-state index in [4.69, 9.17) is 16.3 Å². The number of hydrogen-bond acceptors (Lipinski definition) is 4. The summed E-state index contributed by atoms with van der Waals surface area (Å²) in [4.78, 5) is 12.7. The van der Waals surface area contributed by atoms with E-state index in [1.54, 1.807) is 29.5 Å². The number of aryl methyl sites for hydroxylation is 1. The molecule has 0 atom stereocenters. The molecular weight excluding hydrogens is 308 g/mol. The van der Waals surface area contributed by atoms with Gasteiger partial charge < -0.3 is 4.74 Å². The Bertz CT molecular complexity index is 654. The van der Waals surface area contributed by atoms with Crippen molar-refractivity contribution in [2.24, 2.45) is 5.10 Å². The Kier molecular flexibility index (Phi) is 5.36. The molecule has 0 unspecified atom stereocenters. The van der Waals surface area contributed by atoms with Crippen LogP contribution in [-0.4, -0.2) is 18.2 Å². The van der Waals surface area contributed by atoms with Crippen LogP contribution >= 0.6 is 22.9 Å². The zero-order chi connectivity index (χ0) is 15.2. The number of thiophene rings is 1. The Balaban J connectivity index is 1.86. The molecule has 1 amide bonds. The van der Waals surface area contributed by atoms with Crippen LogP contribution in [-0.2, 0) is 4.79 Å². The van der Waals surface area contributed by atoms with Gasteiger partial charge in [0.05, 0.1) is 5.71 Å². The van der Waals surface area contributed by atoms with Crippen LogP contribution in [0.1, 0.15) is 17.4 Å². The third-order valence-corrected chi connectivity index (χ3v) is 3.94. The third-order valence-electron chi connectivity index (χ3n) is 2.72. The van der Waals surface area contributed by atoms with Crippen LogP contribution in [0.4, 0.5) is 0 Å². The van der Waals surface area contributed by atoms with Crippen molar-refractivity contribution < 1.29 is 9.53 Å². The van der Waals surface area contributed by atoms with Gasteiger partial charge in [0.15, 0.2) is 6.61 Å². The molecule has 0 aliphatic rings. The van der Waals surface area contributed by atoms with Gasteiger partial charge in [-0.1, -0.05) is 17.7 Å². The van der Waals surface area contributed by atoms with Gasteiger partial charge in [-0.15, -0.1) is 11.3 Å². The van der Waals surface area contributed by atoms with Gasteiger partial charge in [0, 0.05) is 9.90 Å². The Labute approximate surface area is 132 Å². The number of halogens is 1. The fraction of sp³-hybridized carbons (Fsp3) is 0.200. The summed E-state index contributed by atoms with van der Waals surface area (Å²) in [6.45, 7) is 3.62. The molecule has 6 heteroatoms. The average Bonchev–Trinajstić information content (AvgIpc) is 2.98. The van der Waals surface area contributed by atoms with Gasteiger partial charge in [0.1, 0.15) is 5.75 Å². The van der Waals surface area contributed by atoms with Crippen molar-refractivity contribution in [2.45, 2.75) is 13.8 Å². The average molecular weight is 323 g/mol. The number of hydrogen-bond donors (Lipinski definition) is 1. The molecular formula is C15H15ClN2O2S. The van der Waals surface area contributed by atoms with Crippen molar-refractivity contribution in [2.75, 3.05) is 6.61 Å². The highest BCUT2D eigenvalue weighted by Gasteiger charge is 2.05. The van der Waals surface area contributed by atoms with Gasteiger partial charge in [-0.2, -0.15) is 5.10 Å². The molecule has 110 valence electrons. The van der Waals surface area contributed by atoms with Crippen molar-refractivity contribution in [3.05, 3.63) is 51.2 Å². The predicted molar refractivity (Wildman–Crippen MR) is 86.4 cm³/mol. The SMILES string of the molecule is C/C(=N\NC(=O)COc1ccc(Cl)cc1C)c1cccs1. The highest BCUT2D eigenvalue weighted by Crippen LogP contribution is 2.21. The van der Waals surface area contributed by atoms with Crippen molar-refractivity contribution in [1.29, 1.82) is 0 Å². The molecule has 0 radical (unpaired) electrons. The molecule has 0 fully saturated rings. The Morgan fingerprint density at radius 3 is 2.90 bits per heavy atom. The smallest absolute Gasteiger partial charge is 0.277 e. The maximum Gasteiger partial charge on any atom is 0.277 e. The van der Waals surface area contributed by atoms with Crippen molar-refractivity contribution in [3.8, 4) is 5.75 Å². The normalized spacial score (nSPS) is 11.3. The summed E-state index contributed by atoms with van der Waals surface area (Å²) >= 11 is 7.43. The first-order valence-corrected chi connectivity index (χ1v) is 7.58. The summed E-state index contributed by atoms with van der Waals surface area (Å²) < 4.78 is 5.44. The zero-order valence-corrected chi connectivity index (χ0v) is 13.3. The molecule has 0 aliphatic carbocycles. The van der Waals surface area contributed by atoms with Crippen molar-refractivity contribution in [1.82, 2.24) is 5.43 Å². The number of nitrogens with one attached hydrogen (secondary N) is 1. The second kappa shape index (κ2) is 7.24. The largest absolute Gasteiger partial charge is 0.483 e. The van der Waals surface area contributed by atoms with Gasteiger partial charge >= 0.3 is 0 Å². The maximum absolute atomic E-state index is 11.7. The summed E-state index contributed by atoms with van der Waals surface area (Å²) in [6, 6.07) is 9.14. The molecule has 0 saturated heterocycles. The highest BCUT2D eigenvalue weighted by atomic mass is 35.5. The molecule has 0 saturated carbocycles.